The van der Waals surface area contributed by atoms with Crippen LogP contribution in [0.1, 0.15) is 19.4 Å². The van der Waals surface area contributed by atoms with Gasteiger partial charge in [0.25, 0.3) is 0 Å². The molecule has 1 aromatic heterocycles. The van der Waals surface area contributed by atoms with Gasteiger partial charge in [-0.25, -0.2) is 0 Å². The number of hydrogen-bond donors (Lipinski definition) is 2. The Kier molecular flexibility index (Phi) is 6.05. The van der Waals surface area contributed by atoms with Gasteiger partial charge in [-0.3, -0.25) is 4.79 Å². The summed E-state index contributed by atoms with van der Waals surface area (Å²) in [5, 5.41) is 13.2. The molecule has 130 valence electrons. The molecule has 0 unspecified atom stereocenters. The van der Waals surface area contributed by atoms with Crippen LogP contribution in [0.4, 0.5) is 24.0 Å². The molecule has 1 heterocycles. The molecule has 10 heteroatoms. The fourth-order valence-electron chi connectivity index (χ4n) is 1.76. The molecular formula is C14H15F3N4OS2. The summed E-state index contributed by atoms with van der Waals surface area (Å²) in [4.78, 5) is 12.2. The van der Waals surface area contributed by atoms with Crippen LogP contribution in [0.25, 0.3) is 0 Å². The molecule has 0 fully saturated rings. The van der Waals surface area contributed by atoms with Crippen LogP contribution in [-0.4, -0.2) is 27.9 Å². The Morgan fingerprint density at radius 2 is 2.04 bits per heavy atom. The molecular weight excluding hydrogens is 361 g/mol. The SMILES string of the molecule is CCNc1nnc(S[C@H](C)C(=O)Nc2ccccc2C(F)(F)F)s1. The average molecular weight is 376 g/mol. The van der Waals surface area contributed by atoms with Crippen molar-refractivity contribution < 1.29 is 18.0 Å². The minimum Gasteiger partial charge on any atom is -0.360 e. The maximum atomic E-state index is 12.9. The van der Waals surface area contributed by atoms with Crippen LogP contribution in [0.3, 0.4) is 0 Å². The zero-order valence-corrected chi connectivity index (χ0v) is 14.5. The van der Waals surface area contributed by atoms with E-state index in [9.17, 15) is 18.0 Å². The van der Waals surface area contributed by atoms with Gasteiger partial charge < -0.3 is 10.6 Å². The van der Waals surface area contributed by atoms with E-state index in [1.165, 1.54) is 29.5 Å². The number of carbonyl (C=O) groups excluding carboxylic acids is 1. The van der Waals surface area contributed by atoms with E-state index in [4.69, 9.17) is 0 Å². The van der Waals surface area contributed by atoms with E-state index in [-0.39, 0.29) is 5.69 Å². The third-order valence-corrected chi connectivity index (χ3v) is 4.94. The monoisotopic (exact) mass is 376 g/mol. The third-order valence-electron chi connectivity index (χ3n) is 2.87. The highest BCUT2D eigenvalue weighted by atomic mass is 32.2. The molecule has 24 heavy (non-hydrogen) atoms. The van der Waals surface area contributed by atoms with Crippen LogP contribution in [-0.2, 0) is 11.0 Å². The molecule has 1 aromatic carbocycles. The minimum atomic E-state index is -4.53. The number of halogens is 3. The molecule has 0 spiro atoms. The second-order valence-corrected chi connectivity index (χ2v) is 7.26. The van der Waals surface area contributed by atoms with Gasteiger partial charge in [-0.15, -0.1) is 10.2 Å². The van der Waals surface area contributed by atoms with E-state index in [1.54, 1.807) is 6.92 Å². The Morgan fingerprint density at radius 3 is 2.71 bits per heavy atom. The summed E-state index contributed by atoms with van der Waals surface area (Å²) in [6.07, 6.45) is -4.53. The molecule has 5 nitrogen and oxygen atoms in total. The van der Waals surface area contributed by atoms with Crippen LogP contribution in [0.15, 0.2) is 28.6 Å². The van der Waals surface area contributed by atoms with Gasteiger partial charge in [0, 0.05) is 6.54 Å². The normalized spacial score (nSPS) is 12.7. The van der Waals surface area contributed by atoms with Gasteiger partial charge in [-0.05, 0) is 26.0 Å². The number of aromatic nitrogens is 2. The summed E-state index contributed by atoms with van der Waals surface area (Å²) in [5.74, 6) is -0.531. The van der Waals surface area contributed by atoms with E-state index in [0.29, 0.717) is 16.0 Å². The molecule has 0 saturated heterocycles. The fourth-order valence-corrected chi connectivity index (χ4v) is 3.72. The van der Waals surface area contributed by atoms with Gasteiger partial charge in [0.05, 0.1) is 16.5 Å². The van der Waals surface area contributed by atoms with Crippen LogP contribution in [0.2, 0.25) is 0 Å². The largest absolute Gasteiger partial charge is 0.418 e. The number of nitrogens with one attached hydrogen (secondary N) is 2. The number of rotatable bonds is 6. The van der Waals surface area contributed by atoms with Crippen LogP contribution < -0.4 is 10.6 Å². The zero-order valence-electron chi connectivity index (χ0n) is 12.8. The lowest BCUT2D eigenvalue weighted by Crippen LogP contribution is -2.24. The van der Waals surface area contributed by atoms with E-state index in [2.05, 4.69) is 20.8 Å². The average Bonchev–Trinajstić information content (AvgIpc) is 2.94. The Morgan fingerprint density at radius 1 is 1.33 bits per heavy atom. The van der Waals surface area contributed by atoms with E-state index >= 15 is 0 Å². The first-order valence-corrected chi connectivity index (χ1v) is 8.72. The predicted molar refractivity (Wildman–Crippen MR) is 89.5 cm³/mol. The maximum absolute atomic E-state index is 12.9. The summed E-state index contributed by atoms with van der Waals surface area (Å²) in [6, 6.07) is 4.88. The number of nitrogens with zero attached hydrogens (tertiary/aromatic N) is 2. The topological polar surface area (TPSA) is 66.9 Å². The summed E-state index contributed by atoms with van der Waals surface area (Å²) >= 11 is 2.43. The van der Waals surface area contributed by atoms with Crippen molar-refractivity contribution >= 4 is 39.8 Å². The van der Waals surface area contributed by atoms with E-state index in [1.807, 2.05) is 6.92 Å². The van der Waals surface area contributed by atoms with Crippen molar-refractivity contribution in [3.63, 3.8) is 0 Å². The van der Waals surface area contributed by atoms with Crippen molar-refractivity contribution in [3.05, 3.63) is 29.8 Å². The summed E-state index contributed by atoms with van der Waals surface area (Å²) < 4.78 is 39.4. The van der Waals surface area contributed by atoms with E-state index < -0.39 is 22.9 Å². The van der Waals surface area contributed by atoms with Gasteiger partial charge in [0.2, 0.25) is 11.0 Å². The molecule has 0 saturated carbocycles. The van der Waals surface area contributed by atoms with Crippen molar-refractivity contribution in [3.8, 4) is 0 Å². The first-order chi connectivity index (χ1) is 11.3. The molecule has 0 aliphatic rings. The molecule has 2 aromatic rings. The Labute approximate surface area is 145 Å². The number of para-hydroxylation sites is 1. The van der Waals surface area contributed by atoms with Crippen molar-refractivity contribution in [2.45, 2.75) is 29.6 Å². The highest BCUT2D eigenvalue weighted by Gasteiger charge is 2.34. The number of anilines is 2. The molecule has 1 atom stereocenters. The van der Waals surface area contributed by atoms with Crippen LogP contribution in [0, 0.1) is 0 Å². The lowest BCUT2D eigenvalue weighted by Gasteiger charge is -2.15. The van der Waals surface area contributed by atoms with Crippen molar-refractivity contribution in [1.82, 2.24) is 10.2 Å². The Balaban J connectivity index is 2.04. The van der Waals surface area contributed by atoms with E-state index in [0.717, 1.165) is 17.8 Å². The number of thioether (sulfide) groups is 1. The van der Waals surface area contributed by atoms with Crippen molar-refractivity contribution in [2.75, 3.05) is 17.2 Å². The number of hydrogen-bond acceptors (Lipinski definition) is 6. The van der Waals surface area contributed by atoms with Gasteiger partial charge in [-0.2, -0.15) is 13.2 Å². The second kappa shape index (κ2) is 7.84. The van der Waals surface area contributed by atoms with Crippen LogP contribution in [0.5, 0.6) is 0 Å². The summed E-state index contributed by atoms with van der Waals surface area (Å²) in [5.41, 5.74) is -1.13. The van der Waals surface area contributed by atoms with Crippen molar-refractivity contribution in [2.24, 2.45) is 0 Å². The molecule has 0 aliphatic heterocycles. The van der Waals surface area contributed by atoms with Gasteiger partial charge in [-0.1, -0.05) is 35.2 Å². The summed E-state index contributed by atoms with van der Waals surface area (Å²) in [6.45, 7) is 4.22. The first-order valence-electron chi connectivity index (χ1n) is 7.02. The standard InChI is InChI=1S/C14H15F3N4OS2/c1-3-18-12-20-21-13(24-12)23-8(2)11(22)19-10-7-5-4-6-9(10)14(15,16)17/h4-8H,3H2,1-2H3,(H,18,20)(H,19,22)/t8-/m1/s1. The summed E-state index contributed by atoms with van der Waals surface area (Å²) in [7, 11) is 0. The molecule has 2 rings (SSSR count). The van der Waals surface area contributed by atoms with Crippen LogP contribution >= 0.6 is 23.1 Å². The molecule has 0 aliphatic carbocycles. The first kappa shape index (κ1) is 18.5. The van der Waals surface area contributed by atoms with Crippen molar-refractivity contribution in [1.29, 1.82) is 0 Å². The Bertz CT molecular complexity index is 705. The van der Waals surface area contributed by atoms with Gasteiger partial charge >= 0.3 is 6.18 Å². The lowest BCUT2D eigenvalue weighted by atomic mass is 10.1. The van der Waals surface area contributed by atoms with Gasteiger partial charge in [0.15, 0.2) is 4.34 Å². The number of amides is 1. The van der Waals surface area contributed by atoms with Gasteiger partial charge in [0.1, 0.15) is 0 Å². The zero-order chi connectivity index (χ0) is 17.7. The highest BCUT2D eigenvalue weighted by molar-refractivity contribution is 8.02. The number of benzene rings is 1. The Hall–Kier alpha value is -1.81. The molecule has 1 amide bonds. The lowest BCUT2D eigenvalue weighted by molar-refractivity contribution is -0.137. The smallest absolute Gasteiger partial charge is 0.360 e. The minimum absolute atomic E-state index is 0.256. The number of carbonyl (C=O) groups is 1. The molecule has 0 radical (unpaired) electrons. The predicted octanol–water partition coefficient (Wildman–Crippen LogP) is 4.11. The second-order valence-electron chi connectivity index (χ2n) is 4.70. The highest BCUT2D eigenvalue weighted by Crippen LogP contribution is 2.35. The third kappa shape index (κ3) is 4.84. The molecule has 2 N–H and O–H groups in total. The molecule has 0 bridgehead atoms. The quantitative estimate of drug-likeness (QED) is 0.743. The number of alkyl halides is 3. The maximum Gasteiger partial charge on any atom is 0.418 e. The fraction of sp³-hybridized carbons (Fsp3) is 0.357.